The minimum atomic E-state index is -4.87. The molecule has 0 atom stereocenters. The van der Waals surface area contributed by atoms with Crippen LogP contribution in [0.4, 0.5) is 18.9 Å². The van der Waals surface area contributed by atoms with Gasteiger partial charge in [0.1, 0.15) is 6.29 Å². The van der Waals surface area contributed by atoms with Gasteiger partial charge in [-0.25, -0.2) is 0 Å². The number of rotatable bonds is 7. The van der Waals surface area contributed by atoms with E-state index >= 15 is 0 Å². The molecule has 174 valence electrons. The molecule has 0 saturated heterocycles. The molecular weight excluding hydrogens is 454 g/mol. The molecule has 0 aliphatic rings. The van der Waals surface area contributed by atoms with Crippen LogP contribution in [0.5, 0.6) is 5.75 Å². The molecule has 12 nitrogen and oxygen atoms in total. The lowest BCUT2D eigenvalue weighted by Crippen LogP contribution is -2.36. The summed E-state index contributed by atoms with van der Waals surface area (Å²) in [5.74, 6) is -0.897. The number of aromatic nitrogens is 2. The molecule has 0 fully saturated rings. The van der Waals surface area contributed by atoms with E-state index in [0.717, 1.165) is 13.2 Å². The Kier molecular flexibility index (Phi) is 8.93. The number of alkyl halides is 3. The second kappa shape index (κ2) is 10.5. The number of halogens is 3. The molecule has 0 saturated carbocycles. The molecule has 0 amide bonds. The first kappa shape index (κ1) is 26.3. The third kappa shape index (κ3) is 8.13. The number of nitro benzene ring substituents is 1. The Morgan fingerprint density at radius 2 is 1.81 bits per heavy atom. The Labute approximate surface area is 171 Å². The summed E-state index contributed by atoms with van der Waals surface area (Å²) in [6.45, 7) is 3.78. The molecule has 0 bridgehead atoms. The summed E-state index contributed by atoms with van der Waals surface area (Å²) in [5, 5.41) is 11.0. The zero-order valence-electron chi connectivity index (χ0n) is 16.2. The summed E-state index contributed by atoms with van der Waals surface area (Å²) in [6, 6.07) is 1.24. The summed E-state index contributed by atoms with van der Waals surface area (Å²) in [5.41, 5.74) is -4.53. The summed E-state index contributed by atoms with van der Waals surface area (Å²) >= 11 is 0. The number of aromatic amines is 1. The molecule has 2 aromatic rings. The van der Waals surface area contributed by atoms with Gasteiger partial charge in [0, 0.05) is 25.3 Å². The van der Waals surface area contributed by atoms with Gasteiger partial charge < -0.3 is 24.2 Å². The number of H-pyrrole nitrogens is 1. The van der Waals surface area contributed by atoms with Crippen molar-refractivity contribution in [2.24, 2.45) is 0 Å². The lowest BCUT2D eigenvalue weighted by molar-refractivity contribution is -0.386. The Morgan fingerprint density at radius 1 is 1.23 bits per heavy atom. The van der Waals surface area contributed by atoms with Gasteiger partial charge in [0.05, 0.1) is 16.0 Å². The van der Waals surface area contributed by atoms with Crippen LogP contribution in [0, 0.1) is 10.1 Å². The van der Waals surface area contributed by atoms with E-state index < -0.39 is 65.2 Å². The lowest BCUT2D eigenvalue weighted by atomic mass is 10.2. The number of nitrogens with zero attached hydrogens (tertiary/aromatic N) is 2. The van der Waals surface area contributed by atoms with E-state index in [9.17, 15) is 37.4 Å². The summed E-state index contributed by atoms with van der Waals surface area (Å²) in [4.78, 5) is 53.3. The highest BCUT2D eigenvalue weighted by Crippen LogP contribution is 2.38. The number of fused-ring (bicyclic) bond motifs is 1. The highest BCUT2D eigenvalue weighted by Gasteiger charge is 2.31. The van der Waals surface area contributed by atoms with E-state index in [4.69, 9.17) is 14.5 Å². The fraction of sp³-hybridized carbons (Fsp3) is 0.467. The fourth-order valence-corrected chi connectivity index (χ4v) is 2.88. The van der Waals surface area contributed by atoms with Gasteiger partial charge >= 0.3 is 30.6 Å². The van der Waals surface area contributed by atoms with Gasteiger partial charge in [0.15, 0.2) is 12.4 Å². The minimum Gasteiger partial charge on any atom is -0.477 e. The fourth-order valence-electron chi connectivity index (χ4n) is 2.24. The molecular formula is C15H19F3N3O9P. The summed E-state index contributed by atoms with van der Waals surface area (Å²) in [7, 11) is -4.87. The van der Waals surface area contributed by atoms with Gasteiger partial charge in [-0.3, -0.25) is 28.8 Å². The topological polar surface area (TPSA) is 174 Å². The van der Waals surface area contributed by atoms with Crippen molar-refractivity contribution < 1.29 is 41.9 Å². The number of nitro groups is 1. The molecule has 0 radical (unpaired) electrons. The van der Waals surface area contributed by atoms with Crippen molar-refractivity contribution >= 4 is 24.3 Å². The monoisotopic (exact) mass is 473 g/mol. The standard InChI is InChI=1S/C11H9F3N3O8P.C4H10O/c12-11(13,14)3-25-8-2-6-5(1-7(8)17(20)21)15-9(18)10(19)16(6)4-26(22,23)24;1-3-5-4-2/h1-2H,3-4H2,(H,15,18)(H2,22,23,24);3-4H2,1-2H3. The van der Waals surface area contributed by atoms with Crippen molar-refractivity contribution in [3.63, 3.8) is 0 Å². The molecule has 2 rings (SSSR count). The largest absolute Gasteiger partial charge is 0.477 e. The van der Waals surface area contributed by atoms with E-state index in [-0.39, 0.29) is 0 Å². The predicted molar refractivity (Wildman–Crippen MR) is 101 cm³/mol. The molecule has 31 heavy (non-hydrogen) atoms. The van der Waals surface area contributed by atoms with E-state index in [1.807, 2.05) is 18.8 Å². The molecule has 0 aliphatic heterocycles. The van der Waals surface area contributed by atoms with Gasteiger partial charge in [-0.2, -0.15) is 13.2 Å². The van der Waals surface area contributed by atoms with Crippen LogP contribution in [-0.2, 0) is 15.6 Å². The Balaban J connectivity index is 0.000000861. The zero-order valence-corrected chi connectivity index (χ0v) is 17.1. The molecule has 0 aliphatic carbocycles. The van der Waals surface area contributed by atoms with E-state index in [1.54, 1.807) is 0 Å². The number of hydrogen-bond acceptors (Lipinski definition) is 7. The van der Waals surface area contributed by atoms with Crippen LogP contribution in [0.25, 0.3) is 11.0 Å². The Morgan fingerprint density at radius 3 is 2.23 bits per heavy atom. The number of benzene rings is 1. The summed E-state index contributed by atoms with van der Waals surface area (Å²) < 4.78 is 57.6. The normalized spacial score (nSPS) is 11.7. The second-order valence-electron chi connectivity index (χ2n) is 5.77. The van der Waals surface area contributed by atoms with Crippen molar-refractivity contribution in [3.8, 4) is 5.75 Å². The predicted octanol–water partition coefficient (Wildman–Crippen LogP) is 1.72. The van der Waals surface area contributed by atoms with Gasteiger partial charge in [-0.05, 0) is 13.8 Å². The SMILES string of the molecule is CCOCC.O=c1[nH]c2cc([N+](=O)[O-])c(OCC(F)(F)F)cc2n(CP(=O)(O)O)c1=O. The van der Waals surface area contributed by atoms with Gasteiger partial charge in [-0.15, -0.1) is 0 Å². The van der Waals surface area contributed by atoms with Crippen LogP contribution >= 0.6 is 7.60 Å². The molecule has 16 heteroatoms. The molecule has 0 unspecified atom stereocenters. The molecule has 3 N–H and O–H groups in total. The van der Waals surface area contributed by atoms with Crippen LogP contribution in [0.1, 0.15) is 13.8 Å². The maximum absolute atomic E-state index is 12.3. The van der Waals surface area contributed by atoms with Crippen molar-refractivity contribution in [2.75, 3.05) is 19.8 Å². The first-order chi connectivity index (χ1) is 14.2. The average molecular weight is 473 g/mol. The van der Waals surface area contributed by atoms with Crippen molar-refractivity contribution in [1.29, 1.82) is 0 Å². The van der Waals surface area contributed by atoms with Gasteiger partial charge in [0.25, 0.3) is 0 Å². The van der Waals surface area contributed by atoms with Crippen molar-refractivity contribution in [2.45, 2.75) is 26.3 Å². The lowest BCUT2D eigenvalue weighted by Gasteiger charge is -2.13. The highest BCUT2D eigenvalue weighted by molar-refractivity contribution is 7.50. The van der Waals surface area contributed by atoms with E-state index in [0.29, 0.717) is 16.7 Å². The van der Waals surface area contributed by atoms with Crippen LogP contribution in [0.3, 0.4) is 0 Å². The zero-order chi connectivity index (χ0) is 24.0. The van der Waals surface area contributed by atoms with E-state index in [1.165, 1.54) is 0 Å². The van der Waals surface area contributed by atoms with Crippen LogP contribution < -0.4 is 15.9 Å². The number of hydrogen-bond donors (Lipinski definition) is 3. The maximum Gasteiger partial charge on any atom is 0.422 e. The third-order valence-electron chi connectivity index (χ3n) is 3.38. The van der Waals surface area contributed by atoms with Gasteiger partial charge in [0.2, 0.25) is 0 Å². The number of ether oxygens (including phenoxy) is 2. The van der Waals surface area contributed by atoms with Crippen molar-refractivity contribution in [1.82, 2.24) is 9.55 Å². The van der Waals surface area contributed by atoms with E-state index in [2.05, 4.69) is 4.74 Å². The van der Waals surface area contributed by atoms with Crippen LogP contribution in [0.15, 0.2) is 21.7 Å². The van der Waals surface area contributed by atoms with Crippen LogP contribution in [-0.4, -0.2) is 50.3 Å². The third-order valence-corrected chi connectivity index (χ3v) is 4.03. The maximum atomic E-state index is 12.3. The first-order valence-corrected chi connectivity index (χ1v) is 10.3. The molecule has 1 aromatic carbocycles. The Hall–Kier alpha value is -2.74. The average Bonchev–Trinajstić information content (AvgIpc) is 2.63. The second-order valence-corrected chi connectivity index (χ2v) is 7.39. The van der Waals surface area contributed by atoms with Gasteiger partial charge in [-0.1, -0.05) is 0 Å². The molecule has 1 aromatic heterocycles. The highest BCUT2D eigenvalue weighted by atomic mass is 31.2. The quantitative estimate of drug-likeness (QED) is 0.234. The van der Waals surface area contributed by atoms with Crippen molar-refractivity contribution in [3.05, 3.63) is 43.0 Å². The molecule has 0 spiro atoms. The molecule has 1 heterocycles. The Bertz CT molecular complexity index is 1090. The minimum absolute atomic E-state index is 0.305. The smallest absolute Gasteiger partial charge is 0.422 e. The van der Waals surface area contributed by atoms with Crippen LogP contribution in [0.2, 0.25) is 0 Å². The first-order valence-electron chi connectivity index (χ1n) is 8.47. The summed E-state index contributed by atoms with van der Waals surface area (Å²) in [6.07, 6.45) is -6.08. The number of nitrogens with one attached hydrogen (secondary N) is 1.